The van der Waals surface area contributed by atoms with Crippen LogP contribution in [-0.4, -0.2) is 23.3 Å². The van der Waals surface area contributed by atoms with E-state index >= 15 is 0 Å². The number of nitrogens with one attached hydrogen (secondary N) is 1. The minimum atomic E-state index is -0.152. The quantitative estimate of drug-likeness (QED) is 0.410. The van der Waals surface area contributed by atoms with Gasteiger partial charge in [-0.2, -0.15) is 0 Å². The topological polar surface area (TPSA) is 46.2 Å². The molecule has 1 N–H and O–H groups in total. The van der Waals surface area contributed by atoms with Crippen molar-refractivity contribution in [1.82, 2.24) is 5.32 Å². The van der Waals surface area contributed by atoms with Gasteiger partial charge >= 0.3 is 0 Å². The Balaban J connectivity index is 3.46. The van der Waals surface area contributed by atoms with E-state index in [2.05, 4.69) is 18.5 Å². The fourth-order valence-corrected chi connectivity index (χ4v) is 1.40. The van der Waals surface area contributed by atoms with Crippen LogP contribution in [0.15, 0.2) is 24.8 Å². The highest BCUT2D eigenvalue weighted by Crippen LogP contribution is 2.06. The molecule has 0 aromatic carbocycles. The van der Waals surface area contributed by atoms with E-state index < -0.39 is 0 Å². The Bertz CT molecular complexity index is 261. The van der Waals surface area contributed by atoms with Crippen molar-refractivity contribution < 1.29 is 9.59 Å². The van der Waals surface area contributed by atoms with E-state index in [9.17, 15) is 9.59 Å². The zero-order chi connectivity index (χ0) is 11.7. The molecule has 0 spiro atoms. The van der Waals surface area contributed by atoms with E-state index in [1.54, 1.807) is 13.0 Å². The van der Waals surface area contributed by atoms with Gasteiger partial charge in [0.1, 0.15) is 0 Å². The fraction of sp³-hybridized carbons (Fsp3) is 0.455. The summed E-state index contributed by atoms with van der Waals surface area (Å²) in [5.74, 6) is 0.498. The van der Waals surface area contributed by atoms with Gasteiger partial charge in [-0.05, 0) is 13.3 Å². The zero-order valence-corrected chi connectivity index (χ0v) is 9.86. The third-order valence-corrected chi connectivity index (χ3v) is 2.52. The Hall–Kier alpha value is -1.03. The monoisotopic (exact) mass is 227 g/mol. The summed E-state index contributed by atoms with van der Waals surface area (Å²) in [6.07, 6.45) is 2.85. The Kier molecular flexibility index (Phi) is 7.72. The van der Waals surface area contributed by atoms with Gasteiger partial charge in [-0.15, -0.1) is 6.58 Å². The van der Waals surface area contributed by atoms with E-state index in [1.165, 1.54) is 11.8 Å². The van der Waals surface area contributed by atoms with Crippen molar-refractivity contribution >= 4 is 22.8 Å². The van der Waals surface area contributed by atoms with Gasteiger partial charge in [0.05, 0.1) is 0 Å². The average Bonchev–Trinajstić information content (AvgIpc) is 2.20. The highest BCUT2D eigenvalue weighted by molar-refractivity contribution is 8.13. The number of carbonyl (C=O) groups excluding carboxylic acids is 2. The molecule has 4 heteroatoms. The van der Waals surface area contributed by atoms with Crippen LogP contribution in [0, 0.1) is 0 Å². The maximum absolute atomic E-state index is 11.2. The van der Waals surface area contributed by atoms with Gasteiger partial charge in [0.25, 0.3) is 0 Å². The Morgan fingerprint density at radius 1 is 1.47 bits per heavy atom. The third-order valence-electron chi connectivity index (χ3n) is 1.59. The van der Waals surface area contributed by atoms with E-state index in [1.807, 2.05) is 0 Å². The lowest BCUT2D eigenvalue weighted by molar-refractivity contribution is -0.117. The molecule has 0 aliphatic heterocycles. The molecule has 84 valence electrons. The molecule has 0 unspecified atom stereocenters. The SMILES string of the molecule is C=CCSC(=O)CCCNC(=O)C(=C)C. The third kappa shape index (κ3) is 8.00. The second kappa shape index (κ2) is 8.29. The molecular formula is C11H17NO2S. The maximum atomic E-state index is 11.2. The normalized spacial score (nSPS) is 9.40. The van der Waals surface area contributed by atoms with E-state index in [-0.39, 0.29) is 11.0 Å². The minimum absolute atomic E-state index is 0.138. The minimum Gasteiger partial charge on any atom is -0.352 e. The molecule has 0 saturated heterocycles. The lowest BCUT2D eigenvalue weighted by Gasteiger charge is -2.03. The molecule has 0 radical (unpaired) electrons. The Morgan fingerprint density at radius 3 is 2.67 bits per heavy atom. The Labute approximate surface area is 95.0 Å². The summed E-state index contributed by atoms with van der Waals surface area (Å²) in [6.45, 7) is 9.22. The molecule has 0 bridgehead atoms. The molecule has 15 heavy (non-hydrogen) atoms. The van der Waals surface area contributed by atoms with Crippen molar-refractivity contribution in [2.24, 2.45) is 0 Å². The summed E-state index contributed by atoms with van der Waals surface area (Å²) >= 11 is 1.25. The number of carbonyl (C=O) groups is 2. The van der Waals surface area contributed by atoms with Crippen LogP contribution in [0.2, 0.25) is 0 Å². The van der Waals surface area contributed by atoms with Gasteiger partial charge in [-0.3, -0.25) is 9.59 Å². The standard InChI is InChI=1S/C11H17NO2S/c1-4-8-15-10(13)6-5-7-12-11(14)9(2)3/h4H,1-2,5-8H2,3H3,(H,12,14). The first-order valence-electron chi connectivity index (χ1n) is 4.78. The van der Waals surface area contributed by atoms with E-state index in [0.717, 1.165) is 0 Å². The number of rotatable bonds is 7. The summed E-state index contributed by atoms with van der Waals surface area (Å²) in [4.78, 5) is 22.2. The van der Waals surface area contributed by atoms with Gasteiger partial charge in [0, 0.05) is 24.3 Å². The van der Waals surface area contributed by atoms with Crippen LogP contribution in [0.4, 0.5) is 0 Å². The number of thioether (sulfide) groups is 1. The van der Waals surface area contributed by atoms with Crippen molar-refractivity contribution in [2.75, 3.05) is 12.3 Å². The summed E-state index contributed by atoms with van der Waals surface area (Å²) < 4.78 is 0. The Morgan fingerprint density at radius 2 is 2.13 bits per heavy atom. The van der Waals surface area contributed by atoms with Crippen LogP contribution in [0.1, 0.15) is 19.8 Å². The van der Waals surface area contributed by atoms with Gasteiger partial charge in [0.2, 0.25) is 5.91 Å². The molecular weight excluding hydrogens is 210 g/mol. The van der Waals surface area contributed by atoms with Crippen LogP contribution in [0.25, 0.3) is 0 Å². The number of hydrogen-bond donors (Lipinski definition) is 1. The van der Waals surface area contributed by atoms with Crippen LogP contribution in [-0.2, 0) is 9.59 Å². The van der Waals surface area contributed by atoms with Crippen molar-refractivity contribution in [3.05, 3.63) is 24.8 Å². The molecule has 0 aromatic heterocycles. The molecule has 0 fully saturated rings. The van der Waals surface area contributed by atoms with Crippen molar-refractivity contribution in [2.45, 2.75) is 19.8 Å². The summed E-state index contributed by atoms with van der Waals surface area (Å²) in [7, 11) is 0. The van der Waals surface area contributed by atoms with Crippen LogP contribution < -0.4 is 5.32 Å². The summed E-state index contributed by atoms with van der Waals surface area (Å²) in [5, 5.41) is 2.81. The maximum Gasteiger partial charge on any atom is 0.246 e. The first kappa shape index (κ1) is 14.0. The van der Waals surface area contributed by atoms with E-state index in [0.29, 0.717) is 30.7 Å². The smallest absolute Gasteiger partial charge is 0.246 e. The van der Waals surface area contributed by atoms with Crippen LogP contribution in [0.3, 0.4) is 0 Å². The predicted octanol–water partition coefficient (Wildman–Crippen LogP) is 1.90. The average molecular weight is 227 g/mol. The molecule has 0 aromatic rings. The van der Waals surface area contributed by atoms with Gasteiger partial charge in [0.15, 0.2) is 5.12 Å². The summed E-state index contributed by atoms with van der Waals surface area (Å²) in [5.41, 5.74) is 0.488. The molecule has 0 heterocycles. The molecule has 1 amide bonds. The van der Waals surface area contributed by atoms with Crippen molar-refractivity contribution in [3.8, 4) is 0 Å². The first-order valence-corrected chi connectivity index (χ1v) is 5.76. The van der Waals surface area contributed by atoms with Crippen molar-refractivity contribution in [1.29, 1.82) is 0 Å². The highest BCUT2D eigenvalue weighted by Gasteiger charge is 2.03. The lowest BCUT2D eigenvalue weighted by atomic mass is 10.3. The van der Waals surface area contributed by atoms with Crippen LogP contribution in [0.5, 0.6) is 0 Å². The lowest BCUT2D eigenvalue weighted by Crippen LogP contribution is -2.24. The summed E-state index contributed by atoms with van der Waals surface area (Å²) in [6, 6.07) is 0. The second-order valence-corrected chi connectivity index (χ2v) is 4.19. The van der Waals surface area contributed by atoms with Gasteiger partial charge in [-0.25, -0.2) is 0 Å². The predicted molar refractivity (Wildman–Crippen MR) is 64.7 cm³/mol. The first-order chi connectivity index (χ1) is 7.07. The molecule has 0 saturated carbocycles. The molecule has 0 rings (SSSR count). The molecule has 3 nitrogen and oxygen atoms in total. The van der Waals surface area contributed by atoms with Crippen molar-refractivity contribution in [3.63, 3.8) is 0 Å². The van der Waals surface area contributed by atoms with Crippen LogP contribution >= 0.6 is 11.8 Å². The number of amides is 1. The molecule has 0 aliphatic rings. The largest absolute Gasteiger partial charge is 0.352 e. The van der Waals surface area contributed by atoms with Gasteiger partial charge in [-0.1, -0.05) is 24.4 Å². The molecule has 0 atom stereocenters. The second-order valence-electron chi connectivity index (χ2n) is 3.11. The highest BCUT2D eigenvalue weighted by atomic mass is 32.2. The van der Waals surface area contributed by atoms with E-state index in [4.69, 9.17) is 0 Å². The zero-order valence-electron chi connectivity index (χ0n) is 9.04. The molecule has 0 aliphatic carbocycles. The van der Waals surface area contributed by atoms with Gasteiger partial charge < -0.3 is 5.32 Å². The number of hydrogen-bond acceptors (Lipinski definition) is 3. The fourth-order valence-electron chi connectivity index (χ4n) is 0.810.